The maximum Gasteiger partial charge on any atom is 0.226 e. The highest BCUT2D eigenvalue weighted by molar-refractivity contribution is 8.04. The number of Topliss-reactive ketones (excluding diaryl/α,β-unsaturated/α-hetero) is 1. The van der Waals surface area contributed by atoms with Gasteiger partial charge in [0.25, 0.3) is 0 Å². The van der Waals surface area contributed by atoms with Gasteiger partial charge >= 0.3 is 0 Å². The lowest BCUT2D eigenvalue weighted by atomic mass is 9.88. The minimum Gasteiger partial charge on any atom is -0.375 e. The van der Waals surface area contributed by atoms with Crippen LogP contribution in [0.3, 0.4) is 0 Å². The summed E-state index contributed by atoms with van der Waals surface area (Å²) < 4.78 is 5.96. The van der Waals surface area contributed by atoms with Crippen molar-refractivity contribution in [2.24, 2.45) is 5.41 Å². The summed E-state index contributed by atoms with van der Waals surface area (Å²) in [7, 11) is 0. The van der Waals surface area contributed by atoms with Gasteiger partial charge in [0, 0.05) is 59.0 Å². The molecule has 0 aromatic carbocycles. The molecule has 7 heteroatoms. The second kappa shape index (κ2) is 15.5. The zero-order valence-electron chi connectivity index (χ0n) is 23.2. The van der Waals surface area contributed by atoms with Crippen LogP contribution in [0.1, 0.15) is 80.6 Å². The van der Waals surface area contributed by atoms with Crippen molar-refractivity contribution in [1.82, 2.24) is 10.6 Å². The van der Waals surface area contributed by atoms with Crippen LogP contribution in [0.15, 0.2) is 25.3 Å². The molecule has 35 heavy (non-hydrogen) atoms. The van der Waals surface area contributed by atoms with E-state index in [4.69, 9.17) is 4.74 Å². The number of thioether (sulfide) groups is 2. The molecule has 0 aliphatic heterocycles. The van der Waals surface area contributed by atoms with Crippen LogP contribution in [-0.2, 0) is 14.3 Å². The van der Waals surface area contributed by atoms with Gasteiger partial charge < -0.3 is 15.4 Å². The van der Waals surface area contributed by atoms with Crippen molar-refractivity contribution < 1.29 is 14.3 Å². The van der Waals surface area contributed by atoms with Gasteiger partial charge in [0.2, 0.25) is 5.91 Å². The first-order valence-corrected chi connectivity index (χ1v) is 15.1. The van der Waals surface area contributed by atoms with Crippen LogP contribution in [0.5, 0.6) is 0 Å². The van der Waals surface area contributed by atoms with E-state index >= 15 is 0 Å². The highest BCUT2D eigenvalue weighted by atomic mass is 32.2. The molecule has 1 saturated carbocycles. The van der Waals surface area contributed by atoms with Crippen LogP contribution in [0.25, 0.3) is 0 Å². The van der Waals surface area contributed by atoms with Gasteiger partial charge in [-0.3, -0.25) is 9.59 Å². The lowest BCUT2D eigenvalue weighted by Crippen LogP contribution is -2.45. The molecule has 1 rings (SSSR count). The van der Waals surface area contributed by atoms with Crippen molar-refractivity contribution in [1.29, 1.82) is 0 Å². The second-order valence-electron chi connectivity index (χ2n) is 11.1. The average molecular weight is 527 g/mol. The average Bonchev–Trinajstić information content (AvgIpc) is 2.75. The topological polar surface area (TPSA) is 67.4 Å². The molecule has 1 fully saturated rings. The molecular formula is C28H50N2O3S2. The van der Waals surface area contributed by atoms with Crippen LogP contribution >= 0.6 is 23.5 Å². The van der Waals surface area contributed by atoms with Gasteiger partial charge in [-0.15, -0.1) is 13.2 Å². The summed E-state index contributed by atoms with van der Waals surface area (Å²) in [6, 6.07) is 0.742. The number of carbonyl (C=O) groups is 2. The van der Waals surface area contributed by atoms with Crippen LogP contribution < -0.4 is 10.6 Å². The van der Waals surface area contributed by atoms with E-state index in [0.29, 0.717) is 48.5 Å². The zero-order chi connectivity index (χ0) is 26.6. The van der Waals surface area contributed by atoms with Crippen LogP contribution in [0.4, 0.5) is 0 Å². The van der Waals surface area contributed by atoms with Gasteiger partial charge in [-0.2, -0.15) is 23.5 Å². The number of carbonyl (C=O) groups excluding carboxylic acids is 2. The van der Waals surface area contributed by atoms with E-state index in [-0.39, 0.29) is 17.7 Å². The van der Waals surface area contributed by atoms with Crippen LogP contribution in [0, 0.1) is 5.41 Å². The number of amides is 1. The Bertz CT molecular complexity index is 694. The van der Waals surface area contributed by atoms with E-state index < -0.39 is 11.0 Å². The fourth-order valence-corrected chi connectivity index (χ4v) is 6.91. The Morgan fingerprint density at radius 3 is 2.03 bits per heavy atom. The molecule has 0 bridgehead atoms. The highest BCUT2D eigenvalue weighted by Crippen LogP contribution is 2.40. The molecule has 4 atom stereocenters. The third kappa shape index (κ3) is 12.4. The van der Waals surface area contributed by atoms with E-state index in [1.54, 1.807) is 0 Å². The van der Waals surface area contributed by atoms with Crippen molar-refractivity contribution in [2.45, 2.75) is 115 Å². The molecular weight excluding hydrogens is 476 g/mol. The van der Waals surface area contributed by atoms with Gasteiger partial charge in [0.1, 0.15) is 5.78 Å². The Kier molecular flexibility index (Phi) is 14.3. The van der Waals surface area contributed by atoms with E-state index in [2.05, 4.69) is 37.6 Å². The molecule has 0 saturated heterocycles. The minimum atomic E-state index is -0.561. The number of ketones is 1. The summed E-state index contributed by atoms with van der Waals surface area (Å²) in [5.74, 6) is 2.09. The first kappa shape index (κ1) is 32.3. The smallest absolute Gasteiger partial charge is 0.226 e. The Morgan fingerprint density at radius 1 is 1.03 bits per heavy atom. The number of nitrogens with one attached hydrogen (secondary N) is 2. The lowest BCUT2D eigenvalue weighted by Gasteiger charge is -2.37. The molecule has 1 amide bonds. The van der Waals surface area contributed by atoms with Crippen molar-refractivity contribution in [3.63, 3.8) is 0 Å². The fraction of sp³-hybridized carbons (Fsp3) is 0.786. The van der Waals surface area contributed by atoms with E-state index in [0.717, 1.165) is 11.5 Å². The predicted octanol–water partition coefficient (Wildman–Crippen LogP) is 5.79. The van der Waals surface area contributed by atoms with Gasteiger partial charge in [-0.25, -0.2) is 0 Å². The molecule has 0 aromatic heterocycles. The fourth-order valence-electron chi connectivity index (χ4n) is 3.77. The minimum absolute atomic E-state index is 0.0159. The van der Waals surface area contributed by atoms with Gasteiger partial charge in [0.05, 0.1) is 11.6 Å². The molecule has 0 heterocycles. The molecule has 0 radical (unpaired) electrons. The first-order valence-electron chi connectivity index (χ1n) is 13.0. The largest absolute Gasteiger partial charge is 0.375 e. The maximum atomic E-state index is 13.0. The molecule has 0 aromatic rings. The van der Waals surface area contributed by atoms with Crippen molar-refractivity contribution in [2.75, 3.05) is 18.1 Å². The zero-order valence-corrected chi connectivity index (χ0v) is 24.8. The SMILES string of the molecule is C=CC(CSC1CCC1SCC(C=C)NC(C)C)NC(=O)C(C)(C)CCOC(C)(C)CC(=O)CC. The Morgan fingerprint density at radius 2 is 1.57 bits per heavy atom. The molecule has 1 aliphatic rings. The molecule has 202 valence electrons. The Labute approximate surface area is 223 Å². The van der Waals surface area contributed by atoms with Gasteiger partial charge in [0.15, 0.2) is 0 Å². The summed E-state index contributed by atoms with van der Waals surface area (Å²) in [5.41, 5.74) is -1.07. The van der Waals surface area contributed by atoms with Crippen LogP contribution in [0.2, 0.25) is 0 Å². The van der Waals surface area contributed by atoms with E-state index in [1.165, 1.54) is 12.8 Å². The molecule has 4 unspecified atom stereocenters. The quantitative estimate of drug-likeness (QED) is 0.208. The third-order valence-corrected chi connectivity index (χ3v) is 9.67. The monoisotopic (exact) mass is 526 g/mol. The Balaban J connectivity index is 2.44. The van der Waals surface area contributed by atoms with E-state index in [9.17, 15) is 9.59 Å². The Hall–Kier alpha value is -0.760. The number of ether oxygens (including phenoxy) is 1. The third-order valence-electron chi connectivity index (χ3n) is 6.41. The number of hydrogen-bond acceptors (Lipinski definition) is 6. The molecule has 0 spiro atoms. The molecule has 1 aliphatic carbocycles. The highest BCUT2D eigenvalue weighted by Gasteiger charge is 2.34. The standard InChI is InChI=1S/C28H50N2O3S2/c1-10-21(29-20(4)5)18-34-24-13-14-25(24)35-19-22(11-2)30-26(32)27(6,7)15-16-33-28(8,9)17-23(31)12-3/h10-11,20-22,24-25,29H,1-2,12-19H2,3-9H3,(H,30,32). The van der Waals surface area contributed by atoms with Crippen molar-refractivity contribution >= 4 is 35.2 Å². The first-order chi connectivity index (χ1) is 16.3. The summed E-state index contributed by atoms with van der Waals surface area (Å²) in [6.45, 7) is 22.3. The normalized spacial score (nSPS) is 20.1. The number of hydrogen-bond donors (Lipinski definition) is 2. The predicted molar refractivity (Wildman–Crippen MR) is 154 cm³/mol. The number of rotatable bonds is 19. The molecule has 5 nitrogen and oxygen atoms in total. The van der Waals surface area contributed by atoms with Crippen molar-refractivity contribution in [3.8, 4) is 0 Å². The van der Waals surface area contributed by atoms with Gasteiger partial charge in [-0.1, -0.05) is 46.8 Å². The van der Waals surface area contributed by atoms with E-state index in [1.807, 2.05) is 70.3 Å². The summed E-state index contributed by atoms with van der Waals surface area (Å²) in [4.78, 5) is 24.8. The lowest BCUT2D eigenvalue weighted by molar-refractivity contribution is -0.133. The summed E-state index contributed by atoms with van der Waals surface area (Å²) in [6.07, 6.45) is 7.85. The molecule has 2 N–H and O–H groups in total. The summed E-state index contributed by atoms with van der Waals surface area (Å²) >= 11 is 3.99. The second-order valence-corrected chi connectivity index (χ2v) is 13.7. The maximum absolute atomic E-state index is 13.0. The van der Waals surface area contributed by atoms with Gasteiger partial charge in [-0.05, 0) is 33.1 Å². The van der Waals surface area contributed by atoms with Crippen LogP contribution in [-0.4, -0.2) is 64.0 Å². The van der Waals surface area contributed by atoms with Crippen molar-refractivity contribution in [3.05, 3.63) is 25.3 Å². The summed E-state index contributed by atoms with van der Waals surface area (Å²) in [5, 5.41) is 8.01.